The van der Waals surface area contributed by atoms with Gasteiger partial charge >= 0.3 is 0 Å². The van der Waals surface area contributed by atoms with Gasteiger partial charge in [-0.1, -0.05) is 50.0 Å². The first-order chi connectivity index (χ1) is 9.28. The van der Waals surface area contributed by atoms with Crippen LogP contribution in [0.3, 0.4) is 0 Å². The van der Waals surface area contributed by atoms with E-state index in [0.717, 1.165) is 10.6 Å². The van der Waals surface area contributed by atoms with Gasteiger partial charge in [-0.15, -0.1) is 0 Å². The first kappa shape index (κ1) is 16.1. The highest BCUT2D eigenvalue weighted by Gasteiger charge is 2.32. The van der Waals surface area contributed by atoms with Gasteiger partial charge in [0.05, 0.1) is 0 Å². The molecule has 20 heavy (non-hydrogen) atoms. The van der Waals surface area contributed by atoms with Crippen molar-refractivity contribution in [3.05, 3.63) is 33.8 Å². The largest absolute Gasteiger partial charge is 0.307 e. The minimum Gasteiger partial charge on any atom is -0.307 e. The Bertz CT molecular complexity index is 470. The van der Waals surface area contributed by atoms with Crippen LogP contribution < -0.4 is 5.32 Å². The summed E-state index contributed by atoms with van der Waals surface area (Å²) in [6.07, 6.45) is 3.81. The highest BCUT2D eigenvalue weighted by Crippen LogP contribution is 2.39. The van der Waals surface area contributed by atoms with Crippen LogP contribution in [0, 0.1) is 11.3 Å². The van der Waals surface area contributed by atoms with Gasteiger partial charge in [0, 0.05) is 22.1 Å². The van der Waals surface area contributed by atoms with Crippen molar-refractivity contribution in [1.82, 2.24) is 5.32 Å². The summed E-state index contributed by atoms with van der Waals surface area (Å²) in [5.74, 6) is 0.701. The maximum absolute atomic E-state index is 6.30. The van der Waals surface area contributed by atoms with Crippen molar-refractivity contribution in [2.45, 2.75) is 59.0 Å². The molecule has 0 spiro atoms. The number of hydrogen-bond donors (Lipinski definition) is 1. The van der Waals surface area contributed by atoms with Gasteiger partial charge in [0.1, 0.15) is 0 Å². The average Bonchev–Trinajstić information content (AvgIpc) is 2.32. The molecule has 0 aromatic heterocycles. The van der Waals surface area contributed by atoms with E-state index in [-0.39, 0.29) is 6.04 Å². The van der Waals surface area contributed by atoms with E-state index in [0.29, 0.717) is 22.4 Å². The summed E-state index contributed by atoms with van der Waals surface area (Å²) in [4.78, 5) is 0. The number of rotatable bonds is 3. The van der Waals surface area contributed by atoms with Crippen LogP contribution in [0.5, 0.6) is 0 Å². The van der Waals surface area contributed by atoms with Gasteiger partial charge in [0.25, 0.3) is 0 Å². The Labute approximate surface area is 133 Å². The third kappa shape index (κ3) is 3.90. The Morgan fingerprint density at radius 3 is 2.60 bits per heavy atom. The molecule has 3 atom stereocenters. The van der Waals surface area contributed by atoms with Gasteiger partial charge in [-0.25, -0.2) is 0 Å². The summed E-state index contributed by atoms with van der Waals surface area (Å²) in [5.41, 5.74) is 1.62. The minimum absolute atomic E-state index is 0.258. The van der Waals surface area contributed by atoms with E-state index >= 15 is 0 Å². The molecule has 1 aliphatic rings. The third-order valence-electron chi connectivity index (χ3n) is 4.59. The van der Waals surface area contributed by atoms with E-state index in [1.165, 1.54) is 19.3 Å². The van der Waals surface area contributed by atoms with E-state index < -0.39 is 0 Å². The Morgan fingerprint density at radius 2 is 2.00 bits per heavy atom. The van der Waals surface area contributed by atoms with E-state index in [1.807, 2.05) is 18.2 Å². The molecular formula is C17H25Cl2N. The van der Waals surface area contributed by atoms with Crippen LogP contribution >= 0.6 is 23.2 Å². The van der Waals surface area contributed by atoms with E-state index in [1.54, 1.807) is 0 Å². The summed E-state index contributed by atoms with van der Waals surface area (Å²) >= 11 is 12.3. The molecule has 1 aromatic carbocycles. The molecule has 1 N–H and O–H groups in total. The summed E-state index contributed by atoms with van der Waals surface area (Å²) in [6, 6.07) is 6.59. The zero-order chi connectivity index (χ0) is 14.9. The fourth-order valence-corrected chi connectivity index (χ4v) is 4.03. The van der Waals surface area contributed by atoms with Crippen LogP contribution in [0.2, 0.25) is 10.0 Å². The Kier molecular flexibility index (Phi) is 5.05. The van der Waals surface area contributed by atoms with Gasteiger partial charge in [-0.2, -0.15) is 0 Å². The van der Waals surface area contributed by atoms with Crippen molar-refractivity contribution in [2.24, 2.45) is 11.3 Å². The highest BCUT2D eigenvalue weighted by molar-refractivity contribution is 6.35. The van der Waals surface area contributed by atoms with Crippen LogP contribution in [-0.4, -0.2) is 6.04 Å². The average molecular weight is 314 g/mol. The molecule has 2 rings (SSSR count). The summed E-state index contributed by atoms with van der Waals surface area (Å²) in [5, 5.41) is 5.20. The number of hydrogen-bond acceptors (Lipinski definition) is 1. The molecule has 3 unspecified atom stereocenters. The van der Waals surface area contributed by atoms with Gasteiger partial charge in [-0.05, 0) is 55.2 Å². The first-order valence-electron chi connectivity index (χ1n) is 7.49. The molecule has 0 saturated heterocycles. The van der Waals surface area contributed by atoms with Gasteiger partial charge in [0.15, 0.2) is 0 Å². The van der Waals surface area contributed by atoms with E-state index in [2.05, 4.69) is 33.0 Å². The Hall–Kier alpha value is -0.240. The normalized spacial score (nSPS) is 27.3. The zero-order valence-corrected chi connectivity index (χ0v) is 14.4. The molecule has 0 heterocycles. The summed E-state index contributed by atoms with van der Waals surface area (Å²) in [6.45, 7) is 9.29. The molecule has 1 fully saturated rings. The smallest absolute Gasteiger partial charge is 0.0468 e. The lowest BCUT2D eigenvalue weighted by atomic mass is 9.70. The fraction of sp³-hybridized carbons (Fsp3) is 0.647. The molecule has 0 radical (unpaired) electrons. The molecule has 1 aliphatic carbocycles. The van der Waals surface area contributed by atoms with Crippen molar-refractivity contribution in [3.63, 3.8) is 0 Å². The van der Waals surface area contributed by atoms with Crippen LogP contribution in [0.4, 0.5) is 0 Å². The lowest BCUT2D eigenvalue weighted by molar-refractivity contribution is 0.143. The molecule has 112 valence electrons. The zero-order valence-electron chi connectivity index (χ0n) is 12.8. The summed E-state index contributed by atoms with van der Waals surface area (Å²) in [7, 11) is 0. The maximum atomic E-state index is 6.30. The predicted octanol–water partition coefficient (Wildman–Crippen LogP) is 5.86. The quantitative estimate of drug-likeness (QED) is 0.737. The highest BCUT2D eigenvalue weighted by atomic mass is 35.5. The number of benzene rings is 1. The standard InChI is InChI=1S/C17H25Cl2N/c1-11-10-17(3,4)8-7-16(11)20-12(2)14-6-5-13(18)9-15(14)19/h5-6,9,11-12,16,20H,7-8,10H2,1-4H3. The van der Waals surface area contributed by atoms with Gasteiger partial charge < -0.3 is 5.32 Å². The second kappa shape index (κ2) is 6.25. The van der Waals surface area contributed by atoms with Crippen LogP contribution in [0.1, 0.15) is 58.6 Å². The van der Waals surface area contributed by atoms with Crippen LogP contribution in [0.25, 0.3) is 0 Å². The van der Waals surface area contributed by atoms with Crippen LogP contribution in [-0.2, 0) is 0 Å². The maximum Gasteiger partial charge on any atom is 0.0468 e. The van der Waals surface area contributed by atoms with E-state index in [9.17, 15) is 0 Å². The van der Waals surface area contributed by atoms with Crippen molar-refractivity contribution >= 4 is 23.2 Å². The second-order valence-electron chi connectivity index (χ2n) is 7.04. The SMILES string of the molecule is CC(NC1CCC(C)(C)CC1C)c1ccc(Cl)cc1Cl. The fourth-order valence-electron chi connectivity index (χ4n) is 3.46. The van der Waals surface area contributed by atoms with E-state index in [4.69, 9.17) is 23.2 Å². The Balaban J connectivity index is 2.03. The monoisotopic (exact) mass is 313 g/mol. The van der Waals surface area contributed by atoms with Crippen LogP contribution in [0.15, 0.2) is 18.2 Å². The second-order valence-corrected chi connectivity index (χ2v) is 7.89. The van der Waals surface area contributed by atoms with Crippen molar-refractivity contribution in [1.29, 1.82) is 0 Å². The molecule has 0 bridgehead atoms. The van der Waals surface area contributed by atoms with Crippen molar-refractivity contribution in [2.75, 3.05) is 0 Å². The number of nitrogens with one attached hydrogen (secondary N) is 1. The molecule has 0 amide bonds. The summed E-state index contributed by atoms with van der Waals surface area (Å²) < 4.78 is 0. The predicted molar refractivity (Wildman–Crippen MR) is 88.6 cm³/mol. The van der Waals surface area contributed by atoms with Crippen molar-refractivity contribution in [3.8, 4) is 0 Å². The minimum atomic E-state index is 0.258. The topological polar surface area (TPSA) is 12.0 Å². The molecule has 1 saturated carbocycles. The molecule has 3 heteroatoms. The first-order valence-corrected chi connectivity index (χ1v) is 8.25. The lowest BCUT2D eigenvalue weighted by Crippen LogP contribution is -2.42. The number of halogens is 2. The van der Waals surface area contributed by atoms with Gasteiger partial charge in [0.2, 0.25) is 0 Å². The molecular weight excluding hydrogens is 289 g/mol. The Morgan fingerprint density at radius 1 is 1.30 bits per heavy atom. The van der Waals surface area contributed by atoms with Crippen molar-refractivity contribution < 1.29 is 0 Å². The molecule has 1 nitrogen and oxygen atoms in total. The molecule has 1 aromatic rings. The third-order valence-corrected chi connectivity index (χ3v) is 5.15. The van der Waals surface area contributed by atoms with Gasteiger partial charge in [-0.3, -0.25) is 0 Å². The lowest BCUT2D eigenvalue weighted by Gasteiger charge is -2.41. The molecule has 0 aliphatic heterocycles.